The highest BCUT2D eigenvalue weighted by molar-refractivity contribution is 8.00. The molecule has 0 aromatic heterocycles. The van der Waals surface area contributed by atoms with Gasteiger partial charge < -0.3 is 14.2 Å². The number of hydrazone groups is 1. The first-order valence-corrected chi connectivity index (χ1v) is 14.1. The highest BCUT2D eigenvalue weighted by Gasteiger charge is 2.28. The van der Waals surface area contributed by atoms with Crippen molar-refractivity contribution in [1.82, 2.24) is 5.43 Å². The maximum absolute atomic E-state index is 13.6. The normalized spacial score (nSPS) is 13.6. The van der Waals surface area contributed by atoms with Crippen LogP contribution in [0.25, 0.3) is 0 Å². The summed E-state index contributed by atoms with van der Waals surface area (Å²) in [5.74, 6) is 1.89. The number of anilines is 1. The Morgan fingerprint density at radius 1 is 1.08 bits per heavy atom. The molecule has 0 atom stereocenters. The SMILES string of the molecule is COc1ccc(S(=O)(=O)N(CC(=O)N/N=C\c2cccc(OC3CSC3)c2)c2ccc(F)cc2)cc1OC. The molecule has 1 fully saturated rings. The summed E-state index contributed by atoms with van der Waals surface area (Å²) in [7, 11) is -1.46. The number of rotatable bonds is 11. The Bertz CT molecular complexity index is 1410. The van der Waals surface area contributed by atoms with Crippen LogP contribution in [-0.4, -0.2) is 58.9 Å². The van der Waals surface area contributed by atoms with E-state index in [1.807, 2.05) is 23.9 Å². The molecule has 0 saturated carbocycles. The van der Waals surface area contributed by atoms with Gasteiger partial charge in [0.25, 0.3) is 15.9 Å². The number of benzene rings is 3. The van der Waals surface area contributed by atoms with Crippen molar-refractivity contribution < 1.29 is 31.8 Å². The first-order chi connectivity index (χ1) is 18.3. The van der Waals surface area contributed by atoms with Crippen molar-refractivity contribution >= 4 is 39.6 Å². The van der Waals surface area contributed by atoms with Crippen molar-refractivity contribution in [1.29, 1.82) is 0 Å². The van der Waals surface area contributed by atoms with Gasteiger partial charge in [0.05, 0.1) is 31.0 Å². The van der Waals surface area contributed by atoms with Gasteiger partial charge in [-0.3, -0.25) is 9.10 Å². The number of ether oxygens (including phenoxy) is 3. The molecule has 3 aromatic rings. The molecule has 1 amide bonds. The zero-order valence-electron chi connectivity index (χ0n) is 20.7. The summed E-state index contributed by atoms with van der Waals surface area (Å²) in [5.41, 5.74) is 3.15. The van der Waals surface area contributed by atoms with Gasteiger partial charge in [-0.25, -0.2) is 18.2 Å². The summed E-state index contributed by atoms with van der Waals surface area (Å²) >= 11 is 1.82. The predicted octanol–water partition coefficient (Wildman–Crippen LogP) is 3.68. The molecule has 1 heterocycles. The average molecular weight is 560 g/mol. The van der Waals surface area contributed by atoms with E-state index in [4.69, 9.17) is 14.2 Å². The summed E-state index contributed by atoms with van der Waals surface area (Å²) in [6.07, 6.45) is 1.63. The summed E-state index contributed by atoms with van der Waals surface area (Å²) < 4.78 is 57.8. The lowest BCUT2D eigenvalue weighted by Gasteiger charge is -2.25. The van der Waals surface area contributed by atoms with E-state index in [1.165, 1.54) is 50.8 Å². The van der Waals surface area contributed by atoms with Crippen molar-refractivity contribution in [3.8, 4) is 17.2 Å². The zero-order chi connectivity index (χ0) is 27.1. The number of amides is 1. The van der Waals surface area contributed by atoms with Gasteiger partial charge in [-0.05, 0) is 54.1 Å². The Balaban J connectivity index is 1.52. The van der Waals surface area contributed by atoms with Gasteiger partial charge in [-0.1, -0.05) is 12.1 Å². The van der Waals surface area contributed by atoms with Gasteiger partial charge in [0.1, 0.15) is 24.2 Å². The molecule has 4 rings (SSSR count). The Hall–Kier alpha value is -3.77. The lowest BCUT2D eigenvalue weighted by molar-refractivity contribution is -0.119. The van der Waals surface area contributed by atoms with Gasteiger partial charge in [0.15, 0.2) is 11.5 Å². The minimum Gasteiger partial charge on any atom is -0.493 e. The molecule has 0 unspecified atom stereocenters. The fourth-order valence-corrected chi connectivity index (χ4v) is 5.52. The smallest absolute Gasteiger partial charge is 0.264 e. The number of nitrogens with one attached hydrogen (secondary N) is 1. The third-order valence-electron chi connectivity index (χ3n) is 5.52. The molecular weight excluding hydrogens is 533 g/mol. The van der Waals surface area contributed by atoms with E-state index in [1.54, 1.807) is 12.1 Å². The number of hydrogen-bond acceptors (Lipinski definition) is 8. The molecule has 1 aliphatic heterocycles. The molecule has 0 radical (unpaired) electrons. The van der Waals surface area contributed by atoms with Crippen LogP contribution in [0.3, 0.4) is 0 Å². The van der Waals surface area contributed by atoms with Crippen molar-refractivity contribution in [2.24, 2.45) is 5.10 Å². The number of carbonyl (C=O) groups excluding carboxylic acids is 1. The van der Waals surface area contributed by atoms with E-state index in [9.17, 15) is 17.6 Å². The summed E-state index contributed by atoms with van der Waals surface area (Å²) in [4.78, 5) is 12.6. The molecule has 38 heavy (non-hydrogen) atoms. The molecule has 0 aliphatic carbocycles. The van der Waals surface area contributed by atoms with Crippen LogP contribution in [0.1, 0.15) is 5.56 Å². The quantitative estimate of drug-likeness (QED) is 0.282. The van der Waals surface area contributed by atoms with E-state index in [-0.39, 0.29) is 22.4 Å². The number of carbonyl (C=O) groups is 1. The Morgan fingerprint density at radius 2 is 1.82 bits per heavy atom. The van der Waals surface area contributed by atoms with Crippen LogP contribution in [0.15, 0.2) is 76.7 Å². The van der Waals surface area contributed by atoms with Crippen LogP contribution < -0.4 is 23.9 Å². The molecule has 0 bridgehead atoms. The Morgan fingerprint density at radius 3 is 2.47 bits per heavy atom. The number of thioether (sulfide) groups is 1. The van der Waals surface area contributed by atoms with Crippen molar-refractivity contribution in [3.63, 3.8) is 0 Å². The topological polar surface area (TPSA) is 107 Å². The zero-order valence-corrected chi connectivity index (χ0v) is 22.3. The summed E-state index contributed by atoms with van der Waals surface area (Å²) in [5, 5.41) is 3.96. The fourth-order valence-electron chi connectivity index (χ4n) is 3.51. The third kappa shape index (κ3) is 6.56. The molecule has 9 nitrogen and oxygen atoms in total. The van der Waals surface area contributed by atoms with Gasteiger partial charge in [0.2, 0.25) is 0 Å². The average Bonchev–Trinajstić information content (AvgIpc) is 2.89. The number of methoxy groups -OCH3 is 2. The van der Waals surface area contributed by atoms with Gasteiger partial charge in [0, 0.05) is 17.6 Å². The first-order valence-electron chi connectivity index (χ1n) is 11.5. The lowest BCUT2D eigenvalue weighted by atomic mass is 10.2. The maximum atomic E-state index is 13.6. The molecular formula is C26H26FN3O6S2. The Labute approximate surface area is 224 Å². The fraction of sp³-hybridized carbons (Fsp3) is 0.231. The van der Waals surface area contributed by atoms with E-state index >= 15 is 0 Å². The van der Waals surface area contributed by atoms with E-state index < -0.39 is 28.3 Å². The lowest BCUT2D eigenvalue weighted by Crippen LogP contribution is -2.39. The van der Waals surface area contributed by atoms with Gasteiger partial charge >= 0.3 is 0 Å². The molecule has 1 aliphatic rings. The molecule has 12 heteroatoms. The number of sulfonamides is 1. The van der Waals surface area contributed by atoms with Crippen molar-refractivity contribution in [2.45, 2.75) is 11.0 Å². The van der Waals surface area contributed by atoms with E-state index in [0.29, 0.717) is 17.1 Å². The second-order valence-electron chi connectivity index (χ2n) is 8.15. The van der Waals surface area contributed by atoms with Crippen LogP contribution in [0.4, 0.5) is 10.1 Å². The maximum Gasteiger partial charge on any atom is 0.264 e. The van der Waals surface area contributed by atoms with Crippen LogP contribution in [0.2, 0.25) is 0 Å². The summed E-state index contributed by atoms with van der Waals surface area (Å²) in [6.45, 7) is -0.609. The predicted molar refractivity (Wildman–Crippen MR) is 144 cm³/mol. The molecule has 200 valence electrons. The largest absolute Gasteiger partial charge is 0.493 e. The second kappa shape index (κ2) is 12.2. The first kappa shape index (κ1) is 27.3. The van der Waals surface area contributed by atoms with E-state index in [0.717, 1.165) is 27.9 Å². The number of hydrogen-bond donors (Lipinski definition) is 1. The monoisotopic (exact) mass is 559 g/mol. The second-order valence-corrected chi connectivity index (χ2v) is 11.1. The molecule has 3 aromatic carbocycles. The van der Waals surface area contributed by atoms with Crippen LogP contribution >= 0.6 is 11.8 Å². The third-order valence-corrected chi connectivity index (χ3v) is 8.50. The van der Waals surface area contributed by atoms with Crippen LogP contribution in [0, 0.1) is 5.82 Å². The van der Waals surface area contributed by atoms with Crippen molar-refractivity contribution in [2.75, 3.05) is 36.6 Å². The summed E-state index contributed by atoms with van der Waals surface area (Å²) in [6, 6.07) is 16.1. The standard InChI is InChI=1S/C26H26FN3O6S2/c1-34-24-11-10-23(13-25(24)35-2)38(32,33)30(20-8-6-19(27)7-9-20)15-26(31)29-28-14-18-4-3-5-21(12-18)36-22-16-37-17-22/h3-14,22H,15-17H2,1-2H3,(H,29,31)/b28-14-. The van der Waals surface area contributed by atoms with Gasteiger partial charge in [-0.15, -0.1) is 0 Å². The van der Waals surface area contributed by atoms with E-state index in [2.05, 4.69) is 10.5 Å². The van der Waals surface area contributed by atoms with Crippen LogP contribution in [-0.2, 0) is 14.8 Å². The highest BCUT2D eigenvalue weighted by atomic mass is 32.2. The molecule has 0 spiro atoms. The number of nitrogens with zero attached hydrogens (tertiary/aromatic N) is 2. The molecule has 1 N–H and O–H groups in total. The minimum atomic E-state index is -4.27. The van der Waals surface area contributed by atoms with Crippen LogP contribution in [0.5, 0.6) is 17.2 Å². The molecule has 1 saturated heterocycles. The van der Waals surface area contributed by atoms with Gasteiger partial charge in [-0.2, -0.15) is 16.9 Å². The minimum absolute atomic E-state index is 0.0966. The highest BCUT2D eigenvalue weighted by Crippen LogP contribution is 2.32. The Kier molecular flexibility index (Phi) is 8.74. The van der Waals surface area contributed by atoms with Crippen molar-refractivity contribution in [3.05, 3.63) is 78.1 Å². The number of halogens is 1.